The quantitative estimate of drug-likeness (QED) is 0.621. The van der Waals surface area contributed by atoms with E-state index in [0.717, 1.165) is 22.6 Å². The first-order valence-corrected chi connectivity index (χ1v) is 7.71. The molecular formula is C19H12Cl2N2. The number of pyridine rings is 1. The van der Waals surface area contributed by atoms with Crippen molar-refractivity contribution in [2.45, 2.75) is 0 Å². The molecule has 0 fully saturated rings. The van der Waals surface area contributed by atoms with Crippen LogP contribution in [0.4, 0.5) is 11.4 Å². The second-order valence-corrected chi connectivity index (χ2v) is 5.64. The highest BCUT2D eigenvalue weighted by molar-refractivity contribution is 6.36. The van der Waals surface area contributed by atoms with Gasteiger partial charge >= 0.3 is 0 Å². The molecule has 23 heavy (non-hydrogen) atoms. The molecule has 0 radical (unpaired) electrons. The van der Waals surface area contributed by atoms with Gasteiger partial charge in [-0.15, -0.1) is 0 Å². The average molecular weight is 339 g/mol. The van der Waals surface area contributed by atoms with Gasteiger partial charge in [0.05, 0.1) is 10.7 Å². The minimum atomic E-state index is 0.572. The molecule has 0 aliphatic rings. The molecule has 1 heterocycles. The second kappa shape index (κ2) is 7.19. The van der Waals surface area contributed by atoms with Crippen LogP contribution < -0.4 is 5.32 Å². The van der Waals surface area contributed by atoms with Gasteiger partial charge in [0, 0.05) is 22.5 Å². The lowest BCUT2D eigenvalue weighted by Crippen LogP contribution is -1.91. The number of anilines is 2. The van der Waals surface area contributed by atoms with E-state index < -0.39 is 0 Å². The van der Waals surface area contributed by atoms with E-state index in [-0.39, 0.29) is 0 Å². The SMILES string of the molecule is Clc1ccc(Nc2cccc(C#Cc3ccccn3)c2)c(Cl)c1. The summed E-state index contributed by atoms with van der Waals surface area (Å²) in [6, 6.07) is 18.8. The van der Waals surface area contributed by atoms with Crippen molar-refractivity contribution in [2.24, 2.45) is 0 Å². The summed E-state index contributed by atoms with van der Waals surface area (Å²) in [6.07, 6.45) is 1.73. The van der Waals surface area contributed by atoms with Crippen molar-refractivity contribution in [3.05, 3.63) is 88.2 Å². The van der Waals surface area contributed by atoms with Crippen molar-refractivity contribution < 1.29 is 0 Å². The van der Waals surface area contributed by atoms with Gasteiger partial charge in [0.15, 0.2) is 0 Å². The highest BCUT2D eigenvalue weighted by Crippen LogP contribution is 2.28. The molecule has 4 heteroatoms. The smallest absolute Gasteiger partial charge is 0.113 e. The van der Waals surface area contributed by atoms with E-state index >= 15 is 0 Å². The molecule has 0 spiro atoms. The number of benzene rings is 2. The van der Waals surface area contributed by atoms with Crippen LogP contribution in [-0.2, 0) is 0 Å². The molecule has 0 aliphatic carbocycles. The highest BCUT2D eigenvalue weighted by Gasteiger charge is 2.02. The van der Waals surface area contributed by atoms with Crippen LogP contribution in [0.25, 0.3) is 0 Å². The van der Waals surface area contributed by atoms with Gasteiger partial charge in [-0.2, -0.15) is 0 Å². The third-order valence-electron chi connectivity index (χ3n) is 3.07. The maximum atomic E-state index is 6.18. The molecule has 2 aromatic carbocycles. The molecule has 0 bridgehead atoms. The first-order valence-electron chi connectivity index (χ1n) is 6.96. The van der Waals surface area contributed by atoms with E-state index in [9.17, 15) is 0 Å². The number of nitrogens with zero attached hydrogens (tertiary/aromatic N) is 1. The van der Waals surface area contributed by atoms with E-state index in [0.29, 0.717) is 10.0 Å². The first-order chi connectivity index (χ1) is 11.2. The summed E-state index contributed by atoms with van der Waals surface area (Å²) in [7, 11) is 0. The highest BCUT2D eigenvalue weighted by atomic mass is 35.5. The monoisotopic (exact) mass is 338 g/mol. The van der Waals surface area contributed by atoms with Crippen molar-refractivity contribution in [1.29, 1.82) is 0 Å². The zero-order valence-electron chi connectivity index (χ0n) is 12.1. The molecule has 0 unspecified atom stereocenters. The van der Waals surface area contributed by atoms with Crippen molar-refractivity contribution in [3.8, 4) is 11.8 Å². The fourth-order valence-electron chi connectivity index (χ4n) is 1.99. The van der Waals surface area contributed by atoms with Crippen molar-refractivity contribution in [2.75, 3.05) is 5.32 Å². The van der Waals surface area contributed by atoms with Gasteiger partial charge in [0.1, 0.15) is 5.69 Å². The van der Waals surface area contributed by atoms with Crippen LogP contribution >= 0.6 is 23.2 Å². The van der Waals surface area contributed by atoms with Gasteiger partial charge < -0.3 is 5.32 Å². The molecule has 3 rings (SSSR count). The number of nitrogens with one attached hydrogen (secondary N) is 1. The summed E-state index contributed by atoms with van der Waals surface area (Å²) in [6.45, 7) is 0. The minimum Gasteiger partial charge on any atom is -0.354 e. The Labute approximate surface area is 145 Å². The van der Waals surface area contributed by atoms with Crippen LogP contribution in [0.2, 0.25) is 10.0 Å². The maximum absolute atomic E-state index is 6.18. The molecule has 2 nitrogen and oxygen atoms in total. The Bertz CT molecular complexity index is 881. The fraction of sp³-hybridized carbons (Fsp3) is 0. The van der Waals surface area contributed by atoms with Crippen molar-refractivity contribution in [1.82, 2.24) is 4.98 Å². The van der Waals surface area contributed by atoms with Crippen molar-refractivity contribution >= 4 is 34.6 Å². The fourth-order valence-corrected chi connectivity index (χ4v) is 2.45. The first kappa shape index (κ1) is 15.4. The van der Waals surface area contributed by atoms with Crippen LogP contribution in [0.15, 0.2) is 66.9 Å². The number of hydrogen-bond donors (Lipinski definition) is 1. The summed E-state index contributed by atoms with van der Waals surface area (Å²) >= 11 is 12.1. The van der Waals surface area contributed by atoms with Crippen LogP contribution in [-0.4, -0.2) is 4.98 Å². The Morgan fingerprint density at radius 1 is 0.870 bits per heavy atom. The van der Waals surface area contributed by atoms with E-state index in [1.807, 2.05) is 48.5 Å². The van der Waals surface area contributed by atoms with E-state index in [4.69, 9.17) is 23.2 Å². The Kier molecular flexibility index (Phi) is 4.83. The third-order valence-corrected chi connectivity index (χ3v) is 3.62. The van der Waals surface area contributed by atoms with E-state index in [1.54, 1.807) is 18.3 Å². The zero-order valence-corrected chi connectivity index (χ0v) is 13.6. The van der Waals surface area contributed by atoms with E-state index in [1.165, 1.54) is 0 Å². The summed E-state index contributed by atoms with van der Waals surface area (Å²) in [5, 5.41) is 4.44. The number of rotatable bonds is 2. The Balaban J connectivity index is 1.82. The molecule has 0 saturated heterocycles. The Morgan fingerprint density at radius 2 is 1.78 bits per heavy atom. The average Bonchev–Trinajstić information content (AvgIpc) is 2.57. The summed E-state index contributed by atoms with van der Waals surface area (Å²) in [5.41, 5.74) is 3.34. The predicted octanol–water partition coefficient (Wildman–Crippen LogP) is 5.53. The summed E-state index contributed by atoms with van der Waals surface area (Å²) in [5.74, 6) is 6.14. The summed E-state index contributed by atoms with van der Waals surface area (Å²) in [4.78, 5) is 4.18. The molecule has 1 N–H and O–H groups in total. The van der Waals surface area contributed by atoms with Crippen LogP contribution in [0, 0.1) is 11.8 Å². The van der Waals surface area contributed by atoms with Gasteiger partial charge in [0.2, 0.25) is 0 Å². The molecule has 3 aromatic rings. The summed E-state index contributed by atoms with van der Waals surface area (Å²) < 4.78 is 0. The van der Waals surface area contributed by atoms with Crippen LogP contribution in [0.3, 0.4) is 0 Å². The lowest BCUT2D eigenvalue weighted by Gasteiger charge is -2.09. The largest absolute Gasteiger partial charge is 0.354 e. The van der Waals surface area contributed by atoms with Gasteiger partial charge in [-0.1, -0.05) is 41.3 Å². The third kappa shape index (κ3) is 4.26. The molecule has 1 aromatic heterocycles. The normalized spacial score (nSPS) is 9.83. The van der Waals surface area contributed by atoms with Gasteiger partial charge in [0.25, 0.3) is 0 Å². The Morgan fingerprint density at radius 3 is 2.57 bits per heavy atom. The number of halogens is 2. The van der Waals surface area contributed by atoms with Gasteiger partial charge in [-0.05, 0) is 54.5 Å². The van der Waals surface area contributed by atoms with E-state index in [2.05, 4.69) is 22.1 Å². The standard InChI is InChI=1S/C19H12Cl2N2/c20-15-8-10-19(18(21)13-15)23-17-6-3-4-14(12-17)7-9-16-5-1-2-11-22-16/h1-6,8,10-13,23H. The zero-order chi connectivity index (χ0) is 16.1. The second-order valence-electron chi connectivity index (χ2n) is 4.79. The molecule has 0 saturated carbocycles. The molecule has 0 atom stereocenters. The molecule has 112 valence electrons. The predicted molar refractivity (Wildman–Crippen MR) is 96.4 cm³/mol. The van der Waals surface area contributed by atoms with Crippen LogP contribution in [0.5, 0.6) is 0 Å². The molecule has 0 aliphatic heterocycles. The van der Waals surface area contributed by atoms with Gasteiger partial charge in [-0.25, -0.2) is 4.98 Å². The lowest BCUT2D eigenvalue weighted by atomic mass is 10.2. The van der Waals surface area contributed by atoms with Crippen LogP contribution in [0.1, 0.15) is 11.3 Å². The minimum absolute atomic E-state index is 0.572. The number of aromatic nitrogens is 1. The molecular weight excluding hydrogens is 327 g/mol. The lowest BCUT2D eigenvalue weighted by molar-refractivity contribution is 1.29. The van der Waals surface area contributed by atoms with Gasteiger partial charge in [-0.3, -0.25) is 0 Å². The molecule has 0 amide bonds. The maximum Gasteiger partial charge on any atom is 0.113 e. The number of hydrogen-bond acceptors (Lipinski definition) is 2. The van der Waals surface area contributed by atoms with Crippen molar-refractivity contribution in [3.63, 3.8) is 0 Å². The topological polar surface area (TPSA) is 24.9 Å². The Hall–Kier alpha value is -2.47.